The predicted octanol–water partition coefficient (Wildman–Crippen LogP) is 5.14. The summed E-state index contributed by atoms with van der Waals surface area (Å²) in [4.78, 5) is 11.8. The van der Waals surface area contributed by atoms with Gasteiger partial charge in [-0.3, -0.25) is 4.79 Å². The summed E-state index contributed by atoms with van der Waals surface area (Å²) in [6, 6.07) is 9.34. The lowest BCUT2D eigenvalue weighted by Crippen LogP contribution is -1.97. The summed E-state index contributed by atoms with van der Waals surface area (Å²) in [6.07, 6.45) is 15.8. The second-order valence-electron chi connectivity index (χ2n) is 4.50. The van der Waals surface area contributed by atoms with E-state index in [0.717, 1.165) is 18.4 Å². The highest BCUT2D eigenvalue weighted by molar-refractivity contribution is 6.04. The largest absolute Gasteiger partial charge is 0.289 e. The molecule has 104 valence electrons. The summed E-state index contributed by atoms with van der Waals surface area (Å²) in [5.41, 5.74) is 0.745. The van der Waals surface area contributed by atoms with E-state index in [1.54, 1.807) is 6.08 Å². The highest BCUT2D eigenvalue weighted by Gasteiger charge is 2.03. The fourth-order valence-corrected chi connectivity index (χ4v) is 1.65. The van der Waals surface area contributed by atoms with E-state index in [1.807, 2.05) is 54.6 Å². The van der Waals surface area contributed by atoms with Gasteiger partial charge in [0, 0.05) is 5.56 Å². The van der Waals surface area contributed by atoms with Gasteiger partial charge in [0.1, 0.15) is 0 Å². The Kier molecular flexibility index (Phi) is 7.74. The van der Waals surface area contributed by atoms with Crippen molar-refractivity contribution in [1.29, 1.82) is 0 Å². The molecule has 2 rings (SSSR count). The molecule has 1 aliphatic rings. The summed E-state index contributed by atoms with van der Waals surface area (Å²) < 4.78 is 0. The Morgan fingerprint density at radius 2 is 2.00 bits per heavy atom. The van der Waals surface area contributed by atoms with Gasteiger partial charge in [0.05, 0.1) is 0 Å². The van der Waals surface area contributed by atoms with Crippen molar-refractivity contribution in [2.24, 2.45) is 5.92 Å². The van der Waals surface area contributed by atoms with Crippen molar-refractivity contribution >= 4 is 5.78 Å². The van der Waals surface area contributed by atoms with Crippen LogP contribution >= 0.6 is 0 Å². The Labute approximate surface area is 122 Å². The maximum absolute atomic E-state index is 11.8. The van der Waals surface area contributed by atoms with Gasteiger partial charge in [-0.25, -0.2) is 0 Å². The molecule has 0 fully saturated rings. The van der Waals surface area contributed by atoms with Gasteiger partial charge in [-0.05, 0) is 24.8 Å². The molecular formula is C19H22O. The second kappa shape index (κ2) is 9.74. The number of hydrogen-bond donors (Lipinski definition) is 0. The Hall–Kier alpha value is -2.15. The molecule has 0 saturated carbocycles. The van der Waals surface area contributed by atoms with E-state index in [1.165, 1.54) is 0 Å². The standard InChI is InChI=1S/C15H14O.C4H8/c16-15(14-9-5-2-6-10-14)12-11-13-7-3-1-4-8-13;1-3-4-2/h1-7,9-13H,8H2;3H,1,4H2,2H3. The molecule has 1 unspecified atom stereocenters. The molecule has 0 aliphatic heterocycles. The third kappa shape index (κ3) is 6.14. The molecule has 0 radical (unpaired) electrons. The zero-order valence-electron chi connectivity index (χ0n) is 12.0. The lowest BCUT2D eigenvalue weighted by molar-refractivity contribution is 0.104. The molecule has 0 bridgehead atoms. The van der Waals surface area contributed by atoms with Crippen molar-refractivity contribution in [2.75, 3.05) is 0 Å². The first-order chi connectivity index (χ1) is 9.77. The highest BCUT2D eigenvalue weighted by Crippen LogP contribution is 2.13. The van der Waals surface area contributed by atoms with Crippen LogP contribution in [0.4, 0.5) is 0 Å². The molecule has 1 aromatic carbocycles. The molecule has 1 aliphatic carbocycles. The van der Waals surface area contributed by atoms with Gasteiger partial charge in [-0.2, -0.15) is 0 Å². The van der Waals surface area contributed by atoms with Crippen molar-refractivity contribution in [3.63, 3.8) is 0 Å². The normalized spacial score (nSPS) is 16.6. The third-order valence-electron chi connectivity index (χ3n) is 2.86. The average Bonchev–Trinajstić information content (AvgIpc) is 2.54. The van der Waals surface area contributed by atoms with E-state index in [2.05, 4.69) is 25.7 Å². The molecule has 1 nitrogen and oxygen atoms in total. The molecule has 20 heavy (non-hydrogen) atoms. The Balaban J connectivity index is 0.000000444. The van der Waals surface area contributed by atoms with Gasteiger partial charge in [0.15, 0.2) is 5.78 Å². The van der Waals surface area contributed by atoms with Crippen LogP contribution in [0.5, 0.6) is 0 Å². The van der Waals surface area contributed by atoms with Crippen LogP contribution in [-0.4, -0.2) is 5.78 Å². The van der Waals surface area contributed by atoms with E-state index in [4.69, 9.17) is 0 Å². The molecule has 0 spiro atoms. The number of hydrogen-bond acceptors (Lipinski definition) is 1. The number of ketones is 1. The van der Waals surface area contributed by atoms with Crippen LogP contribution in [0.3, 0.4) is 0 Å². The number of carbonyl (C=O) groups excluding carboxylic acids is 1. The van der Waals surface area contributed by atoms with Crippen LogP contribution in [0.2, 0.25) is 0 Å². The van der Waals surface area contributed by atoms with E-state index in [9.17, 15) is 4.79 Å². The Morgan fingerprint density at radius 1 is 1.30 bits per heavy atom. The molecular weight excluding hydrogens is 244 g/mol. The van der Waals surface area contributed by atoms with Crippen molar-refractivity contribution in [3.8, 4) is 0 Å². The molecule has 1 aromatic rings. The van der Waals surface area contributed by atoms with Crippen LogP contribution in [-0.2, 0) is 0 Å². The lowest BCUT2D eigenvalue weighted by atomic mass is 9.99. The minimum Gasteiger partial charge on any atom is -0.289 e. The fourth-order valence-electron chi connectivity index (χ4n) is 1.65. The van der Waals surface area contributed by atoms with Gasteiger partial charge in [-0.1, -0.05) is 73.7 Å². The van der Waals surface area contributed by atoms with Crippen molar-refractivity contribution in [2.45, 2.75) is 19.8 Å². The number of carbonyl (C=O) groups is 1. The number of allylic oxidation sites excluding steroid dienone is 7. The highest BCUT2D eigenvalue weighted by atomic mass is 16.1. The van der Waals surface area contributed by atoms with Gasteiger partial charge in [0.25, 0.3) is 0 Å². The molecule has 0 N–H and O–H groups in total. The van der Waals surface area contributed by atoms with E-state index in [0.29, 0.717) is 5.92 Å². The zero-order chi connectivity index (χ0) is 14.6. The van der Waals surface area contributed by atoms with Gasteiger partial charge in [-0.15, -0.1) is 6.58 Å². The minimum absolute atomic E-state index is 0.0727. The zero-order valence-corrected chi connectivity index (χ0v) is 12.0. The first-order valence-corrected chi connectivity index (χ1v) is 6.99. The average molecular weight is 266 g/mol. The topological polar surface area (TPSA) is 17.1 Å². The molecule has 0 heterocycles. The molecule has 0 saturated heterocycles. The number of rotatable bonds is 4. The quantitative estimate of drug-likeness (QED) is 0.419. The first kappa shape index (κ1) is 15.9. The van der Waals surface area contributed by atoms with Crippen LogP contribution in [0.25, 0.3) is 0 Å². The molecule has 1 heteroatoms. The van der Waals surface area contributed by atoms with Gasteiger partial charge in [0.2, 0.25) is 0 Å². The smallest absolute Gasteiger partial charge is 0.185 e. The summed E-state index contributed by atoms with van der Waals surface area (Å²) >= 11 is 0. The van der Waals surface area contributed by atoms with E-state index < -0.39 is 0 Å². The Bertz CT molecular complexity index is 492. The van der Waals surface area contributed by atoms with Crippen LogP contribution in [0, 0.1) is 5.92 Å². The van der Waals surface area contributed by atoms with Crippen molar-refractivity contribution in [3.05, 3.63) is 85.0 Å². The maximum atomic E-state index is 11.8. The lowest BCUT2D eigenvalue weighted by Gasteiger charge is -2.06. The fraction of sp³-hybridized carbons (Fsp3) is 0.211. The number of benzene rings is 1. The molecule has 0 aromatic heterocycles. The van der Waals surface area contributed by atoms with E-state index in [-0.39, 0.29) is 5.78 Å². The summed E-state index contributed by atoms with van der Waals surface area (Å²) in [5.74, 6) is 0.432. The summed E-state index contributed by atoms with van der Waals surface area (Å²) in [7, 11) is 0. The van der Waals surface area contributed by atoms with E-state index >= 15 is 0 Å². The Morgan fingerprint density at radius 3 is 2.55 bits per heavy atom. The minimum atomic E-state index is 0.0727. The van der Waals surface area contributed by atoms with Gasteiger partial charge < -0.3 is 0 Å². The summed E-state index contributed by atoms with van der Waals surface area (Å²) in [5, 5.41) is 0. The van der Waals surface area contributed by atoms with Crippen LogP contribution < -0.4 is 0 Å². The SMILES string of the molecule is C=CCC.O=C(C=CC1C=CC=CC1)c1ccccc1. The monoisotopic (exact) mass is 266 g/mol. The first-order valence-electron chi connectivity index (χ1n) is 6.99. The van der Waals surface area contributed by atoms with Crippen molar-refractivity contribution < 1.29 is 4.79 Å². The molecule has 1 atom stereocenters. The van der Waals surface area contributed by atoms with Crippen molar-refractivity contribution in [1.82, 2.24) is 0 Å². The van der Waals surface area contributed by atoms with Gasteiger partial charge >= 0.3 is 0 Å². The third-order valence-corrected chi connectivity index (χ3v) is 2.86. The molecule has 0 amide bonds. The second-order valence-corrected chi connectivity index (χ2v) is 4.50. The predicted molar refractivity (Wildman–Crippen MR) is 86.8 cm³/mol. The van der Waals surface area contributed by atoms with Crippen LogP contribution in [0.1, 0.15) is 30.1 Å². The maximum Gasteiger partial charge on any atom is 0.185 e. The van der Waals surface area contributed by atoms with Crippen LogP contribution in [0.15, 0.2) is 79.4 Å². The summed E-state index contributed by atoms with van der Waals surface area (Å²) in [6.45, 7) is 5.54.